The molecule has 6 heteroatoms. The fourth-order valence-electron chi connectivity index (χ4n) is 2.55. The number of nitriles is 1. The third-order valence-corrected chi connectivity index (χ3v) is 3.72. The van der Waals surface area contributed by atoms with Crippen LogP contribution in [0.2, 0.25) is 0 Å². The molecular formula is C19H15N3O3. The summed E-state index contributed by atoms with van der Waals surface area (Å²) < 4.78 is 10.6. The zero-order chi connectivity index (χ0) is 17.8. The SMILES string of the molecule is COc1cccc(C=C(C#N)c2nc3ccccc3c(=O)[nH]2)c1OC. The van der Waals surface area contributed by atoms with Crippen molar-refractivity contribution in [2.45, 2.75) is 0 Å². The van der Waals surface area contributed by atoms with Gasteiger partial charge in [0.25, 0.3) is 5.56 Å². The lowest BCUT2D eigenvalue weighted by Gasteiger charge is -2.10. The van der Waals surface area contributed by atoms with Gasteiger partial charge in [-0.15, -0.1) is 0 Å². The second-order valence-corrected chi connectivity index (χ2v) is 5.18. The van der Waals surface area contributed by atoms with E-state index in [1.807, 2.05) is 0 Å². The van der Waals surface area contributed by atoms with E-state index in [9.17, 15) is 10.1 Å². The summed E-state index contributed by atoms with van der Waals surface area (Å²) in [5.74, 6) is 1.26. The van der Waals surface area contributed by atoms with Crippen LogP contribution in [0.4, 0.5) is 0 Å². The van der Waals surface area contributed by atoms with Crippen LogP contribution in [0.1, 0.15) is 11.4 Å². The van der Waals surface area contributed by atoms with Crippen LogP contribution in [-0.2, 0) is 0 Å². The molecule has 0 aliphatic heterocycles. The zero-order valence-corrected chi connectivity index (χ0v) is 13.7. The Kier molecular flexibility index (Phi) is 4.48. The second kappa shape index (κ2) is 6.89. The number of ether oxygens (including phenoxy) is 2. The second-order valence-electron chi connectivity index (χ2n) is 5.18. The molecule has 1 aromatic heterocycles. The molecule has 124 valence electrons. The number of nitrogens with one attached hydrogen (secondary N) is 1. The first-order valence-electron chi connectivity index (χ1n) is 7.50. The third kappa shape index (κ3) is 3.08. The average molecular weight is 333 g/mol. The molecule has 3 aromatic rings. The maximum atomic E-state index is 12.2. The summed E-state index contributed by atoms with van der Waals surface area (Å²) >= 11 is 0. The number of fused-ring (bicyclic) bond motifs is 1. The van der Waals surface area contributed by atoms with Crippen LogP contribution in [0.3, 0.4) is 0 Å². The van der Waals surface area contributed by atoms with Crippen LogP contribution in [0.25, 0.3) is 22.6 Å². The maximum Gasteiger partial charge on any atom is 0.259 e. The highest BCUT2D eigenvalue weighted by Crippen LogP contribution is 2.32. The Hall–Kier alpha value is -3.59. The molecule has 25 heavy (non-hydrogen) atoms. The highest BCUT2D eigenvalue weighted by atomic mass is 16.5. The third-order valence-electron chi connectivity index (χ3n) is 3.72. The maximum absolute atomic E-state index is 12.2. The zero-order valence-electron chi connectivity index (χ0n) is 13.7. The molecule has 0 saturated carbocycles. The van der Waals surface area contributed by atoms with Gasteiger partial charge in [-0.3, -0.25) is 4.79 Å². The monoisotopic (exact) mass is 333 g/mol. The number of rotatable bonds is 4. The minimum Gasteiger partial charge on any atom is -0.493 e. The van der Waals surface area contributed by atoms with Crippen molar-refractivity contribution >= 4 is 22.6 Å². The first kappa shape index (κ1) is 16.3. The molecule has 3 rings (SSSR count). The minimum absolute atomic E-state index is 0.205. The van der Waals surface area contributed by atoms with Gasteiger partial charge in [-0.1, -0.05) is 24.3 Å². The Morgan fingerprint density at radius 3 is 2.68 bits per heavy atom. The Morgan fingerprint density at radius 2 is 1.96 bits per heavy atom. The number of nitrogens with zero attached hydrogens (tertiary/aromatic N) is 2. The Bertz CT molecular complexity index is 1060. The molecule has 0 aliphatic rings. The summed E-state index contributed by atoms with van der Waals surface area (Å²) in [6.45, 7) is 0. The molecular weight excluding hydrogens is 318 g/mol. The lowest BCUT2D eigenvalue weighted by Crippen LogP contribution is -2.11. The van der Waals surface area contributed by atoms with Crippen molar-refractivity contribution in [1.82, 2.24) is 9.97 Å². The fraction of sp³-hybridized carbons (Fsp3) is 0.105. The molecule has 0 radical (unpaired) electrons. The summed E-state index contributed by atoms with van der Waals surface area (Å²) in [4.78, 5) is 19.3. The van der Waals surface area contributed by atoms with Gasteiger partial charge in [0.15, 0.2) is 17.3 Å². The van der Waals surface area contributed by atoms with Crippen LogP contribution in [0.15, 0.2) is 47.3 Å². The Morgan fingerprint density at radius 1 is 1.16 bits per heavy atom. The standard InChI is InChI=1S/C19H15N3O3/c1-24-16-9-5-6-12(17(16)25-2)10-13(11-20)18-21-15-8-4-3-7-14(15)19(23)22-18/h3-10H,1-2H3,(H,21,22,23). The van der Waals surface area contributed by atoms with Gasteiger partial charge < -0.3 is 14.5 Å². The van der Waals surface area contributed by atoms with Crippen molar-refractivity contribution in [1.29, 1.82) is 5.26 Å². The summed E-state index contributed by atoms with van der Waals surface area (Å²) in [6, 6.07) is 14.4. The largest absolute Gasteiger partial charge is 0.493 e. The van der Waals surface area contributed by atoms with E-state index in [1.54, 1.807) is 55.7 Å². The molecule has 0 saturated heterocycles. The van der Waals surface area contributed by atoms with Crippen molar-refractivity contribution in [2.24, 2.45) is 0 Å². The van der Waals surface area contributed by atoms with Crippen molar-refractivity contribution in [3.8, 4) is 17.6 Å². The number of hydrogen-bond donors (Lipinski definition) is 1. The van der Waals surface area contributed by atoms with Gasteiger partial charge >= 0.3 is 0 Å². The van der Waals surface area contributed by atoms with Gasteiger partial charge in [0.05, 0.1) is 30.7 Å². The summed E-state index contributed by atoms with van der Waals surface area (Å²) in [5, 5.41) is 10.0. The van der Waals surface area contributed by atoms with E-state index in [0.29, 0.717) is 28.0 Å². The normalized spacial score (nSPS) is 11.2. The van der Waals surface area contributed by atoms with Crippen molar-refractivity contribution in [3.63, 3.8) is 0 Å². The minimum atomic E-state index is -0.292. The van der Waals surface area contributed by atoms with E-state index in [0.717, 1.165) is 0 Å². The Balaban J connectivity index is 2.18. The van der Waals surface area contributed by atoms with E-state index >= 15 is 0 Å². The van der Waals surface area contributed by atoms with Crippen LogP contribution in [0, 0.1) is 11.3 Å². The summed E-state index contributed by atoms with van der Waals surface area (Å²) in [7, 11) is 3.07. The topological polar surface area (TPSA) is 88.0 Å². The number of hydrogen-bond acceptors (Lipinski definition) is 5. The molecule has 0 atom stereocenters. The molecule has 0 fully saturated rings. The van der Waals surface area contributed by atoms with Gasteiger partial charge in [0.2, 0.25) is 0 Å². The van der Waals surface area contributed by atoms with E-state index in [-0.39, 0.29) is 17.0 Å². The van der Waals surface area contributed by atoms with Gasteiger partial charge in [0, 0.05) is 5.56 Å². The first-order valence-corrected chi connectivity index (χ1v) is 7.50. The smallest absolute Gasteiger partial charge is 0.259 e. The summed E-state index contributed by atoms with van der Waals surface area (Å²) in [5.41, 5.74) is 1.10. The van der Waals surface area contributed by atoms with Crippen LogP contribution in [0.5, 0.6) is 11.5 Å². The quantitative estimate of drug-likeness (QED) is 0.742. The molecule has 0 unspecified atom stereocenters. The number of allylic oxidation sites excluding steroid dienone is 1. The molecule has 6 nitrogen and oxygen atoms in total. The number of aromatic amines is 1. The number of benzene rings is 2. The van der Waals surface area contributed by atoms with E-state index in [1.165, 1.54) is 7.11 Å². The van der Waals surface area contributed by atoms with Crippen LogP contribution in [-0.4, -0.2) is 24.2 Å². The lowest BCUT2D eigenvalue weighted by molar-refractivity contribution is 0.354. The molecule has 0 spiro atoms. The van der Waals surface area contributed by atoms with Crippen LogP contribution < -0.4 is 15.0 Å². The van der Waals surface area contributed by atoms with E-state index in [4.69, 9.17) is 9.47 Å². The molecule has 0 amide bonds. The fourth-order valence-corrected chi connectivity index (χ4v) is 2.55. The molecule has 1 heterocycles. The molecule has 1 N–H and O–H groups in total. The van der Waals surface area contributed by atoms with E-state index in [2.05, 4.69) is 16.0 Å². The van der Waals surface area contributed by atoms with Crippen molar-refractivity contribution in [3.05, 3.63) is 64.2 Å². The van der Waals surface area contributed by atoms with Gasteiger partial charge in [0.1, 0.15) is 6.07 Å². The predicted octanol–water partition coefficient (Wildman–Crippen LogP) is 3.00. The average Bonchev–Trinajstić information content (AvgIpc) is 2.65. The highest BCUT2D eigenvalue weighted by molar-refractivity contribution is 5.90. The summed E-state index contributed by atoms with van der Waals surface area (Å²) in [6.07, 6.45) is 1.61. The number of para-hydroxylation sites is 2. The molecule has 0 bridgehead atoms. The number of methoxy groups -OCH3 is 2. The molecule has 0 aliphatic carbocycles. The van der Waals surface area contributed by atoms with Gasteiger partial charge in [-0.25, -0.2) is 4.98 Å². The lowest BCUT2D eigenvalue weighted by atomic mass is 10.1. The van der Waals surface area contributed by atoms with Crippen LogP contribution >= 0.6 is 0 Å². The van der Waals surface area contributed by atoms with Crippen molar-refractivity contribution in [2.75, 3.05) is 14.2 Å². The first-order chi connectivity index (χ1) is 12.2. The number of aromatic nitrogens is 2. The number of H-pyrrole nitrogens is 1. The molecule has 2 aromatic carbocycles. The van der Waals surface area contributed by atoms with Gasteiger partial charge in [-0.2, -0.15) is 5.26 Å². The predicted molar refractivity (Wildman–Crippen MR) is 95.4 cm³/mol. The van der Waals surface area contributed by atoms with E-state index < -0.39 is 0 Å². The van der Waals surface area contributed by atoms with Crippen molar-refractivity contribution < 1.29 is 9.47 Å². The Labute approximate surface area is 144 Å². The van der Waals surface area contributed by atoms with Gasteiger partial charge in [-0.05, 0) is 24.3 Å². The highest BCUT2D eigenvalue weighted by Gasteiger charge is 2.12.